The Morgan fingerprint density at radius 2 is 0.442 bits per heavy atom. The molecule has 5 atom stereocenters. The summed E-state index contributed by atoms with van der Waals surface area (Å²) in [4.78, 5) is 72.8. The van der Waals surface area contributed by atoms with Crippen LogP contribution in [-0.2, 0) is 65.4 Å². The van der Waals surface area contributed by atoms with Gasteiger partial charge in [0.05, 0.1) is 26.4 Å². The number of phosphoric acid groups is 2. The van der Waals surface area contributed by atoms with Gasteiger partial charge in [0, 0.05) is 25.7 Å². The Balaban J connectivity index is 5.23. The molecule has 0 spiro atoms. The second-order valence-corrected chi connectivity index (χ2v) is 32.2. The first-order valence-corrected chi connectivity index (χ1v) is 42.2. The summed E-state index contributed by atoms with van der Waals surface area (Å²) in [6, 6.07) is 0. The fraction of sp³-hybridized carbons (Fsp3) is 0.947. The lowest BCUT2D eigenvalue weighted by Crippen LogP contribution is -2.30. The van der Waals surface area contributed by atoms with E-state index in [0.29, 0.717) is 25.7 Å². The smallest absolute Gasteiger partial charge is 0.462 e. The second kappa shape index (κ2) is 65.4. The van der Waals surface area contributed by atoms with Gasteiger partial charge in [0.2, 0.25) is 0 Å². The van der Waals surface area contributed by atoms with Crippen molar-refractivity contribution in [2.75, 3.05) is 39.6 Å². The highest BCUT2D eigenvalue weighted by atomic mass is 31.2. The van der Waals surface area contributed by atoms with Crippen molar-refractivity contribution in [3.8, 4) is 0 Å². The molecule has 0 aromatic heterocycles. The molecule has 0 aromatic rings. The van der Waals surface area contributed by atoms with E-state index in [4.69, 9.17) is 37.0 Å². The summed E-state index contributed by atoms with van der Waals surface area (Å²) in [6.45, 7) is 14.2. The highest BCUT2D eigenvalue weighted by molar-refractivity contribution is 7.47. The third-order valence-electron chi connectivity index (χ3n) is 17.6. The monoisotopic (exact) mass is 1400 g/mol. The molecule has 0 aliphatic carbocycles. The topological polar surface area (TPSA) is 237 Å². The predicted octanol–water partition coefficient (Wildman–Crippen LogP) is 22.0. The lowest BCUT2D eigenvalue weighted by Gasteiger charge is -2.21. The maximum Gasteiger partial charge on any atom is 0.472 e. The van der Waals surface area contributed by atoms with Crippen LogP contribution in [0.2, 0.25) is 0 Å². The fourth-order valence-electron chi connectivity index (χ4n) is 11.6. The SMILES string of the molecule is CC(C)CCCCCCCCCCCCCCCCCCC(=O)O[C@H](COC(=O)CCCCCCCCCCC(C)C)COP(=O)(O)OCC(O)COP(=O)(O)OC[C@@H](COC(=O)CCCCCCCCCCC(C)C)OC(=O)CCCCCCCCCCCCCC(C)C. The van der Waals surface area contributed by atoms with Gasteiger partial charge in [-0.2, -0.15) is 0 Å². The molecule has 3 unspecified atom stereocenters. The average molecular weight is 1400 g/mol. The lowest BCUT2D eigenvalue weighted by molar-refractivity contribution is -0.161. The van der Waals surface area contributed by atoms with E-state index in [2.05, 4.69) is 55.4 Å². The number of carbonyl (C=O) groups excluding carboxylic acids is 4. The number of hydrogen-bond acceptors (Lipinski definition) is 15. The number of aliphatic hydroxyl groups is 1. The quantitative estimate of drug-likeness (QED) is 0.0222. The molecule has 0 heterocycles. The van der Waals surface area contributed by atoms with Crippen molar-refractivity contribution in [3.63, 3.8) is 0 Å². The van der Waals surface area contributed by atoms with Gasteiger partial charge in [-0.15, -0.1) is 0 Å². The fourth-order valence-corrected chi connectivity index (χ4v) is 13.1. The molecule has 3 N–H and O–H groups in total. The van der Waals surface area contributed by atoms with Gasteiger partial charge in [-0.25, -0.2) is 9.13 Å². The van der Waals surface area contributed by atoms with Gasteiger partial charge in [0.1, 0.15) is 19.3 Å². The van der Waals surface area contributed by atoms with E-state index < -0.39 is 97.5 Å². The van der Waals surface area contributed by atoms with Crippen molar-refractivity contribution in [1.82, 2.24) is 0 Å². The van der Waals surface area contributed by atoms with E-state index in [-0.39, 0.29) is 25.7 Å². The van der Waals surface area contributed by atoms with Gasteiger partial charge in [-0.3, -0.25) is 37.3 Å². The number of unbranched alkanes of at least 4 members (excludes halogenated alkanes) is 39. The van der Waals surface area contributed by atoms with Crippen molar-refractivity contribution in [2.45, 2.75) is 401 Å². The van der Waals surface area contributed by atoms with Crippen LogP contribution in [0, 0.1) is 23.7 Å². The zero-order valence-electron chi connectivity index (χ0n) is 62.3. The number of aliphatic hydroxyl groups excluding tert-OH is 1. The standard InChI is InChI=1S/C76H148O17P2/c1-66(2)52-44-36-28-20-16-13-11-9-10-12-14-18-22-34-42-50-58-75(80)92-71(62-86-73(78)56-48-40-32-26-24-30-38-46-54-68(5)6)64-90-94(82,83)88-60-70(77)61-89-95(84,85)91-65-72(63-87-74(79)57-49-41-33-27-25-31-39-47-55-69(7)8)93-76(81)59-51-43-35-23-19-15-17-21-29-37-45-53-67(3)4/h66-72,77H,9-65H2,1-8H3,(H,82,83)(H,84,85)/t70?,71-,72-/m1/s1. The van der Waals surface area contributed by atoms with Gasteiger partial charge in [0.25, 0.3) is 0 Å². The van der Waals surface area contributed by atoms with E-state index in [9.17, 15) is 43.2 Å². The van der Waals surface area contributed by atoms with E-state index in [1.807, 2.05) is 0 Å². The normalized spacial score (nSPS) is 14.1. The Hall–Kier alpha value is -1.94. The molecule has 0 bridgehead atoms. The first-order chi connectivity index (χ1) is 45.6. The molecule has 564 valence electrons. The minimum atomic E-state index is -4.96. The van der Waals surface area contributed by atoms with Crippen molar-refractivity contribution in [1.29, 1.82) is 0 Å². The molecular weight excluding hydrogens is 1250 g/mol. The van der Waals surface area contributed by atoms with Gasteiger partial charge in [-0.1, -0.05) is 331 Å². The molecular formula is C76H148O17P2. The highest BCUT2D eigenvalue weighted by Gasteiger charge is 2.30. The van der Waals surface area contributed by atoms with Gasteiger partial charge in [0.15, 0.2) is 12.2 Å². The molecule has 0 fully saturated rings. The number of rotatable bonds is 73. The summed E-state index contributed by atoms with van der Waals surface area (Å²) in [5.41, 5.74) is 0. The molecule has 0 rings (SSSR count). The molecule has 0 radical (unpaired) electrons. The predicted molar refractivity (Wildman–Crippen MR) is 386 cm³/mol. The van der Waals surface area contributed by atoms with Crippen LogP contribution in [0.25, 0.3) is 0 Å². The number of ether oxygens (including phenoxy) is 4. The third kappa shape index (κ3) is 70.3. The van der Waals surface area contributed by atoms with Crippen LogP contribution in [0.4, 0.5) is 0 Å². The van der Waals surface area contributed by atoms with E-state index in [1.54, 1.807) is 0 Å². The first-order valence-electron chi connectivity index (χ1n) is 39.2. The highest BCUT2D eigenvalue weighted by Crippen LogP contribution is 2.45. The summed E-state index contributed by atoms with van der Waals surface area (Å²) in [6.07, 6.45) is 50.0. The molecule has 95 heavy (non-hydrogen) atoms. The Morgan fingerprint density at radius 1 is 0.263 bits per heavy atom. The van der Waals surface area contributed by atoms with Crippen LogP contribution in [0.1, 0.15) is 383 Å². The minimum absolute atomic E-state index is 0.105. The van der Waals surface area contributed by atoms with Crippen molar-refractivity contribution in [3.05, 3.63) is 0 Å². The Kier molecular flexibility index (Phi) is 64.0. The first kappa shape index (κ1) is 93.1. The van der Waals surface area contributed by atoms with Gasteiger partial charge in [-0.05, 0) is 49.4 Å². The average Bonchev–Trinajstić information content (AvgIpc) is 2.38. The van der Waals surface area contributed by atoms with Crippen molar-refractivity contribution < 1.29 is 80.2 Å². The zero-order chi connectivity index (χ0) is 70.3. The maximum atomic E-state index is 13.1. The summed E-state index contributed by atoms with van der Waals surface area (Å²) in [5, 5.41) is 10.6. The number of esters is 4. The van der Waals surface area contributed by atoms with Crippen LogP contribution in [0.5, 0.6) is 0 Å². The van der Waals surface area contributed by atoms with Crippen LogP contribution in [0.15, 0.2) is 0 Å². The van der Waals surface area contributed by atoms with Gasteiger partial charge >= 0.3 is 39.5 Å². The number of hydrogen-bond donors (Lipinski definition) is 3. The summed E-state index contributed by atoms with van der Waals surface area (Å²) in [5.74, 6) is 0.905. The van der Waals surface area contributed by atoms with E-state index >= 15 is 0 Å². The molecule has 0 saturated heterocycles. The Labute approximate surface area is 581 Å². The third-order valence-corrected chi connectivity index (χ3v) is 19.5. The van der Waals surface area contributed by atoms with E-state index in [1.165, 1.54) is 186 Å². The molecule has 17 nitrogen and oxygen atoms in total. The second-order valence-electron chi connectivity index (χ2n) is 29.3. The number of carbonyl (C=O) groups is 4. The summed E-state index contributed by atoms with van der Waals surface area (Å²) >= 11 is 0. The van der Waals surface area contributed by atoms with Crippen LogP contribution >= 0.6 is 15.6 Å². The van der Waals surface area contributed by atoms with Gasteiger partial charge < -0.3 is 33.8 Å². The van der Waals surface area contributed by atoms with Crippen LogP contribution in [0.3, 0.4) is 0 Å². The van der Waals surface area contributed by atoms with Crippen molar-refractivity contribution >= 4 is 39.5 Å². The Morgan fingerprint density at radius 3 is 0.653 bits per heavy atom. The molecule has 0 saturated carbocycles. The molecule has 19 heteroatoms. The maximum absolute atomic E-state index is 13.1. The molecule has 0 amide bonds. The van der Waals surface area contributed by atoms with Crippen LogP contribution in [-0.4, -0.2) is 96.7 Å². The molecule has 0 aliphatic rings. The molecule has 0 aliphatic heterocycles. The zero-order valence-corrected chi connectivity index (χ0v) is 64.1. The van der Waals surface area contributed by atoms with Crippen molar-refractivity contribution in [2.24, 2.45) is 23.7 Å². The summed E-state index contributed by atoms with van der Waals surface area (Å²) < 4.78 is 68.5. The molecule has 0 aromatic carbocycles. The summed E-state index contributed by atoms with van der Waals surface area (Å²) in [7, 11) is -9.91. The lowest BCUT2D eigenvalue weighted by atomic mass is 10.0. The largest absolute Gasteiger partial charge is 0.472 e. The number of phosphoric ester groups is 2. The minimum Gasteiger partial charge on any atom is -0.462 e. The van der Waals surface area contributed by atoms with E-state index in [0.717, 1.165) is 114 Å². The Bertz CT molecular complexity index is 1870. The van der Waals surface area contributed by atoms with Crippen LogP contribution < -0.4 is 0 Å².